The Morgan fingerprint density at radius 3 is 2.21 bits per heavy atom. The lowest BCUT2D eigenvalue weighted by Gasteiger charge is -2.21. The number of rotatable bonds is 4. The van der Waals surface area contributed by atoms with Crippen molar-refractivity contribution in [1.29, 1.82) is 0 Å². The van der Waals surface area contributed by atoms with Gasteiger partial charge < -0.3 is 10.4 Å². The van der Waals surface area contributed by atoms with Gasteiger partial charge in [0.25, 0.3) is 0 Å². The van der Waals surface area contributed by atoms with Crippen molar-refractivity contribution >= 4 is 11.6 Å². The van der Waals surface area contributed by atoms with Crippen LogP contribution in [0.25, 0.3) is 0 Å². The van der Waals surface area contributed by atoms with E-state index in [1.165, 1.54) is 0 Å². The first kappa shape index (κ1) is 13.9. The molecule has 2 aromatic rings. The van der Waals surface area contributed by atoms with Crippen LogP contribution in [0.15, 0.2) is 48.5 Å². The van der Waals surface area contributed by atoms with Gasteiger partial charge in [-0.1, -0.05) is 41.9 Å². The first-order valence-electron chi connectivity index (χ1n) is 6.37. The van der Waals surface area contributed by atoms with Crippen molar-refractivity contribution in [2.24, 2.45) is 0 Å². The molecule has 100 valence electrons. The standard InChI is InChI=1S/C16H18ClNO/c1-11(13-7-9-14(19)10-8-13)18-12(2)15-5-3-4-6-16(15)17/h3-12,18-19H,1-2H3. The number of nitrogens with one attached hydrogen (secondary N) is 1. The normalized spacial score (nSPS) is 14.1. The molecule has 0 radical (unpaired) electrons. The molecule has 19 heavy (non-hydrogen) atoms. The van der Waals surface area contributed by atoms with Crippen molar-refractivity contribution < 1.29 is 5.11 Å². The van der Waals surface area contributed by atoms with Crippen molar-refractivity contribution in [1.82, 2.24) is 5.32 Å². The fraction of sp³-hybridized carbons (Fsp3) is 0.250. The Morgan fingerprint density at radius 2 is 1.58 bits per heavy atom. The van der Waals surface area contributed by atoms with E-state index in [0.717, 1.165) is 16.1 Å². The molecule has 2 atom stereocenters. The summed E-state index contributed by atoms with van der Waals surface area (Å²) in [4.78, 5) is 0. The molecule has 2 unspecified atom stereocenters. The average molecular weight is 276 g/mol. The SMILES string of the molecule is CC(NC(C)c1ccccc1Cl)c1ccc(O)cc1. The highest BCUT2D eigenvalue weighted by Gasteiger charge is 2.13. The van der Waals surface area contributed by atoms with Crippen molar-refractivity contribution in [3.05, 3.63) is 64.7 Å². The molecular weight excluding hydrogens is 258 g/mol. The molecule has 2 nitrogen and oxygen atoms in total. The van der Waals surface area contributed by atoms with Gasteiger partial charge in [-0.15, -0.1) is 0 Å². The third kappa shape index (κ3) is 3.49. The van der Waals surface area contributed by atoms with Crippen LogP contribution in [0.5, 0.6) is 5.75 Å². The van der Waals surface area contributed by atoms with Crippen LogP contribution in [0.3, 0.4) is 0 Å². The predicted octanol–water partition coefficient (Wildman–Crippen LogP) is 4.46. The first-order chi connectivity index (χ1) is 9.08. The van der Waals surface area contributed by atoms with Crippen molar-refractivity contribution in [3.63, 3.8) is 0 Å². The molecule has 2 N–H and O–H groups in total. The third-order valence-electron chi connectivity index (χ3n) is 3.26. The smallest absolute Gasteiger partial charge is 0.115 e. The Bertz CT molecular complexity index is 539. The summed E-state index contributed by atoms with van der Waals surface area (Å²) in [6.45, 7) is 4.19. The maximum atomic E-state index is 9.30. The number of phenolic OH excluding ortho intramolecular Hbond substituents is 1. The maximum absolute atomic E-state index is 9.30. The molecule has 0 heterocycles. The van der Waals surface area contributed by atoms with Crippen LogP contribution in [-0.4, -0.2) is 5.11 Å². The van der Waals surface area contributed by atoms with Gasteiger partial charge in [0, 0.05) is 17.1 Å². The van der Waals surface area contributed by atoms with Crippen LogP contribution < -0.4 is 5.32 Å². The second-order valence-corrected chi connectivity index (χ2v) is 5.13. The van der Waals surface area contributed by atoms with Crippen molar-refractivity contribution in [2.75, 3.05) is 0 Å². The van der Waals surface area contributed by atoms with E-state index >= 15 is 0 Å². The summed E-state index contributed by atoms with van der Waals surface area (Å²) in [5.74, 6) is 0.287. The number of hydrogen-bond acceptors (Lipinski definition) is 2. The molecular formula is C16H18ClNO. The van der Waals surface area contributed by atoms with Gasteiger partial charge in [0.1, 0.15) is 5.75 Å². The fourth-order valence-corrected chi connectivity index (χ4v) is 2.45. The van der Waals surface area contributed by atoms with E-state index in [2.05, 4.69) is 19.2 Å². The molecule has 0 spiro atoms. The van der Waals surface area contributed by atoms with Crippen LogP contribution in [0.4, 0.5) is 0 Å². The summed E-state index contributed by atoms with van der Waals surface area (Å²) in [5.41, 5.74) is 2.23. The Balaban J connectivity index is 2.08. The molecule has 2 rings (SSSR count). The maximum Gasteiger partial charge on any atom is 0.115 e. The van der Waals surface area contributed by atoms with E-state index in [4.69, 9.17) is 11.6 Å². The second kappa shape index (κ2) is 6.09. The molecule has 0 saturated carbocycles. The average Bonchev–Trinajstić information content (AvgIpc) is 2.39. The Morgan fingerprint density at radius 1 is 0.947 bits per heavy atom. The van der Waals surface area contributed by atoms with Crippen molar-refractivity contribution in [2.45, 2.75) is 25.9 Å². The Labute approximate surface area is 119 Å². The summed E-state index contributed by atoms with van der Waals surface area (Å²) < 4.78 is 0. The summed E-state index contributed by atoms with van der Waals surface area (Å²) in [6, 6.07) is 15.5. The monoisotopic (exact) mass is 275 g/mol. The zero-order valence-corrected chi connectivity index (χ0v) is 11.9. The van der Waals surface area contributed by atoms with Gasteiger partial charge in [-0.3, -0.25) is 0 Å². The van der Waals surface area contributed by atoms with Gasteiger partial charge in [-0.05, 0) is 43.2 Å². The number of phenols is 1. The molecule has 2 aromatic carbocycles. The molecule has 0 aromatic heterocycles. The Hall–Kier alpha value is -1.51. The second-order valence-electron chi connectivity index (χ2n) is 4.72. The van der Waals surface area contributed by atoms with E-state index in [-0.39, 0.29) is 17.8 Å². The van der Waals surface area contributed by atoms with Gasteiger partial charge in [-0.2, -0.15) is 0 Å². The van der Waals surface area contributed by atoms with Gasteiger partial charge in [0.2, 0.25) is 0 Å². The zero-order valence-electron chi connectivity index (χ0n) is 11.1. The van der Waals surface area contributed by atoms with Gasteiger partial charge >= 0.3 is 0 Å². The minimum atomic E-state index is 0.164. The molecule has 0 amide bonds. The number of benzene rings is 2. The summed E-state index contributed by atoms with van der Waals surface area (Å²) in [5, 5.41) is 13.6. The molecule has 0 aliphatic heterocycles. The topological polar surface area (TPSA) is 32.3 Å². The van der Waals surface area contributed by atoms with E-state index < -0.39 is 0 Å². The highest BCUT2D eigenvalue weighted by Crippen LogP contribution is 2.25. The third-order valence-corrected chi connectivity index (χ3v) is 3.61. The van der Waals surface area contributed by atoms with Gasteiger partial charge in [0.05, 0.1) is 0 Å². The number of aromatic hydroxyl groups is 1. The summed E-state index contributed by atoms with van der Waals surface area (Å²) in [6.07, 6.45) is 0. The highest BCUT2D eigenvalue weighted by atomic mass is 35.5. The first-order valence-corrected chi connectivity index (χ1v) is 6.75. The molecule has 0 saturated heterocycles. The summed E-state index contributed by atoms with van der Waals surface area (Å²) in [7, 11) is 0. The molecule has 3 heteroatoms. The molecule has 0 fully saturated rings. The molecule has 0 aliphatic carbocycles. The largest absolute Gasteiger partial charge is 0.508 e. The van der Waals surface area contributed by atoms with Crippen LogP contribution in [0, 0.1) is 0 Å². The van der Waals surface area contributed by atoms with Crippen LogP contribution >= 0.6 is 11.6 Å². The van der Waals surface area contributed by atoms with Crippen LogP contribution in [-0.2, 0) is 0 Å². The van der Waals surface area contributed by atoms with E-state index in [1.54, 1.807) is 12.1 Å². The van der Waals surface area contributed by atoms with Gasteiger partial charge in [0.15, 0.2) is 0 Å². The predicted molar refractivity (Wildman–Crippen MR) is 79.5 cm³/mol. The van der Waals surface area contributed by atoms with Crippen molar-refractivity contribution in [3.8, 4) is 5.75 Å². The van der Waals surface area contributed by atoms with Gasteiger partial charge in [-0.25, -0.2) is 0 Å². The highest BCUT2D eigenvalue weighted by molar-refractivity contribution is 6.31. The lowest BCUT2D eigenvalue weighted by molar-refractivity contribution is 0.472. The quantitative estimate of drug-likeness (QED) is 0.864. The molecule has 0 aliphatic rings. The fourth-order valence-electron chi connectivity index (χ4n) is 2.15. The minimum Gasteiger partial charge on any atom is -0.508 e. The summed E-state index contributed by atoms with van der Waals surface area (Å²) >= 11 is 6.20. The minimum absolute atomic E-state index is 0.164. The number of hydrogen-bond donors (Lipinski definition) is 2. The molecule has 0 bridgehead atoms. The van der Waals surface area contributed by atoms with Crippen LogP contribution in [0.2, 0.25) is 5.02 Å². The van der Waals surface area contributed by atoms with E-state index in [0.29, 0.717) is 0 Å². The Kier molecular flexibility index (Phi) is 4.46. The lowest BCUT2D eigenvalue weighted by atomic mass is 10.0. The van der Waals surface area contributed by atoms with Crippen LogP contribution in [0.1, 0.15) is 37.1 Å². The number of halogens is 1. The zero-order chi connectivity index (χ0) is 13.8. The van der Waals surface area contributed by atoms with E-state index in [1.807, 2.05) is 36.4 Å². The lowest BCUT2D eigenvalue weighted by Crippen LogP contribution is -2.22. The van der Waals surface area contributed by atoms with E-state index in [9.17, 15) is 5.11 Å².